The monoisotopic (exact) mass is 272 g/mol. The molecule has 1 unspecified atom stereocenters. The summed E-state index contributed by atoms with van der Waals surface area (Å²) < 4.78 is 13.2. The summed E-state index contributed by atoms with van der Waals surface area (Å²) in [5.74, 6) is -0.188. The highest BCUT2D eigenvalue weighted by Gasteiger charge is 2.13. The van der Waals surface area contributed by atoms with Crippen LogP contribution in [0.3, 0.4) is 0 Å². The zero-order valence-corrected chi connectivity index (χ0v) is 12.3. The first-order valence-corrected chi connectivity index (χ1v) is 7.01. The Morgan fingerprint density at radius 1 is 1.25 bits per heavy atom. The third-order valence-corrected chi connectivity index (χ3v) is 3.66. The summed E-state index contributed by atoms with van der Waals surface area (Å²) in [7, 11) is 1.92. The van der Waals surface area contributed by atoms with Gasteiger partial charge < -0.3 is 5.32 Å². The molecule has 0 aliphatic rings. The van der Waals surface area contributed by atoms with Gasteiger partial charge in [0, 0.05) is 24.4 Å². The van der Waals surface area contributed by atoms with E-state index in [1.807, 2.05) is 26.2 Å². The van der Waals surface area contributed by atoms with Crippen molar-refractivity contribution in [2.45, 2.75) is 32.7 Å². The molecule has 2 nitrogen and oxygen atoms in total. The van der Waals surface area contributed by atoms with Gasteiger partial charge in [0.05, 0.1) is 0 Å². The zero-order chi connectivity index (χ0) is 14.5. The number of pyridine rings is 1. The lowest BCUT2D eigenvalue weighted by Crippen LogP contribution is -2.20. The van der Waals surface area contributed by atoms with E-state index in [2.05, 4.69) is 29.4 Å². The van der Waals surface area contributed by atoms with Crippen molar-refractivity contribution in [2.75, 3.05) is 7.05 Å². The Kier molecular flexibility index (Phi) is 4.85. The maximum absolute atomic E-state index is 13.2. The summed E-state index contributed by atoms with van der Waals surface area (Å²) in [4.78, 5) is 4.50. The Labute approximate surface area is 120 Å². The maximum atomic E-state index is 13.2. The first-order chi connectivity index (χ1) is 9.63. The Hall–Kier alpha value is -1.74. The zero-order valence-electron chi connectivity index (χ0n) is 12.3. The van der Waals surface area contributed by atoms with Crippen molar-refractivity contribution >= 4 is 0 Å². The second kappa shape index (κ2) is 6.62. The molecule has 0 spiro atoms. The van der Waals surface area contributed by atoms with Gasteiger partial charge >= 0.3 is 0 Å². The van der Waals surface area contributed by atoms with E-state index in [-0.39, 0.29) is 11.9 Å². The van der Waals surface area contributed by atoms with E-state index < -0.39 is 0 Å². The van der Waals surface area contributed by atoms with Gasteiger partial charge in [0.1, 0.15) is 5.82 Å². The minimum atomic E-state index is -0.188. The standard InChI is InChI=1S/C17H21FN2/c1-4-13-5-7-15(20-11-13)10-17(19-3)16-8-6-14(18)9-12(16)2/h5-9,11,17,19H,4,10H2,1-3H3. The van der Waals surface area contributed by atoms with Gasteiger partial charge in [0.2, 0.25) is 0 Å². The molecule has 0 amide bonds. The molecule has 3 heteroatoms. The van der Waals surface area contributed by atoms with Crippen LogP contribution >= 0.6 is 0 Å². The molecule has 20 heavy (non-hydrogen) atoms. The molecular formula is C17H21FN2. The van der Waals surface area contributed by atoms with Crippen LogP contribution in [-0.2, 0) is 12.8 Å². The molecule has 0 aliphatic heterocycles. The highest BCUT2D eigenvalue weighted by Crippen LogP contribution is 2.21. The van der Waals surface area contributed by atoms with Crippen molar-refractivity contribution in [3.05, 3.63) is 64.7 Å². The summed E-state index contributed by atoms with van der Waals surface area (Å²) in [6, 6.07) is 9.28. The lowest BCUT2D eigenvalue weighted by atomic mass is 9.97. The van der Waals surface area contributed by atoms with Gasteiger partial charge in [-0.1, -0.05) is 19.1 Å². The van der Waals surface area contributed by atoms with Crippen LogP contribution in [-0.4, -0.2) is 12.0 Å². The number of halogens is 1. The molecule has 0 saturated carbocycles. The molecule has 1 aromatic heterocycles. The number of nitrogens with one attached hydrogen (secondary N) is 1. The number of benzene rings is 1. The Morgan fingerprint density at radius 3 is 2.60 bits per heavy atom. The van der Waals surface area contributed by atoms with Gasteiger partial charge in [-0.3, -0.25) is 4.98 Å². The van der Waals surface area contributed by atoms with E-state index in [1.165, 1.54) is 11.6 Å². The quantitative estimate of drug-likeness (QED) is 0.899. The molecule has 106 valence electrons. The van der Waals surface area contributed by atoms with Gasteiger partial charge in [-0.25, -0.2) is 4.39 Å². The summed E-state index contributed by atoms with van der Waals surface area (Å²) in [5.41, 5.74) is 4.38. The topological polar surface area (TPSA) is 24.9 Å². The molecule has 1 N–H and O–H groups in total. The van der Waals surface area contributed by atoms with Gasteiger partial charge in [-0.15, -0.1) is 0 Å². The highest BCUT2D eigenvalue weighted by atomic mass is 19.1. The van der Waals surface area contributed by atoms with Gasteiger partial charge in [0.25, 0.3) is 0 Å². The molecule has 2 aromatic rings. The maximum Gasteiger partial charge on any atom is 0.123 e. The summed E-state index contributed by atoms with van der Waals surface area (Å²) >= 11 is 0. The molecule has 1 heterocycles. The number of hydrogen-bond acceptors (Lipinski definition) is 2. The minimum absolute atomic E-state index is 0.149. The Morgan fingerprint density at radius 2 is 2.05 bits per heavy atom. The lowest BCUT2D eigenvalue weighted by molar-refractivity contribution is 0.575. The molecule has 0 bridgehead atoms. The molecule has 0 aliphatic carbocycles. The fourth-order valence-electron chi connectivity index (χ4n) is 2.39. The number of hydrogen-bond donors (Lipinski definition) is 1. The molecule has 1 aromatic carbocycles. The van der Waals surface area contributed by atoms with Crippen LogP contribution in [0.25, 0.3) is 0 Å². The van der Waals surface area contributed by atoms with Crippen LogP contribution in [0, 0.1) is 12.7 Å². The third kappa shape index (κ3) is 3.42. The van der Waals surface area contributed by atoms with Crippen molar-refractivity contribution in [1.82, 2.24) is 10.3 Å². The summed E-state index contributed by atoms with van der Waals surface area (Å²) in [6.07, 6.45) is 3.73. The second-order valence-electron chi connectivity index (χ2n) is 5.06. The highest BCUT2D eigenvalue weighted by molar-refractivity contribution is 5.30. The average molecular weight is 272 g/mol. The second-order valence-corrected chi connectivity index (χ2v) is 5.06. The van der Waals surface area contributed by atoms with E-state index >= 15 is 0 Å². The molecular weight excluding hydrogens is 251 g/mol. The first-order valence-electron chi connectivity index (χ1n) is 7.01. The molecule has 0 saturated heterocycles. The third-order valence-electron chi connectivity index (χ3n) is 3.66. The predicted octanol–water partition coefficient (Wildman–Crippen LogP) is 3.59. The molecule has 0 radical (unpaired) electrons. The normalized spacial score (nSPS) is 12.4. The van der Waals surface area contributed by atoms with Crippen LogP contribution in [0.15, 0.2) is 36.5 Å². The number of aryl methyl sites for hydroxylation is 2. The largest absolute Gasteiger partial charge is 0.313 e. The van der Waals surface area contributed by atoms with Crippen LogP contribution in [0.5, 0.6) is 0 Å². The van der Waals surface area contributed by atoms with E-state index in [1.54, 1.807) is 6.07 Å². The van der Waals surface area contributed by atoms with Gasteiger partial charge in [-0.05, 0) is 55.3 Å². The summed E-state index contributed by atoms with van der Waals surface area (Å²) in [6.45, 7) is 4.06. The van der Waals surface area contributed by atoms with Crippen LogP contribution < -0.4 is 5.32 Å². The van der Waals surface area contributed by atoms with Crippen molar-refractivity contribution in [3.63, 3.8) is 0 Å². The lowest BCUT2D eigenvalue weighted by Gasteiger charge is -2.18. The van der Waals surface area contributed by atoms with E-state index in [0.29, 0.717) is 0 Å². The minimum Gasteiger partial charge on any atom is -0.313 e. The Bertz CT molecular complexity index is 564. The molecule has 1 atom stereocenters. The van der Waals surface area contributed by atoms with E-state index in [4.69, 9.17) is 0 Å². The predicted molar refractivity (Wildman–Crippen MR) is 80.3 cm³/mol. The van der Waals surface area contributed by atoms with E-state index in [9.17, 15) is 4.39 Å². The van der Waals surface area contributed by atoms with Crippen LogP contribution in [0.4, 0.5) is 4.39 Å². The van der Waals surface area contributed by atoms with Crippen molar-refractivity contribution in [1.29, 1.82) is 0 Å². The van der Waals surface area contributed by atoms with Crippen LogP contribution in [0.1, 0.15) is 35.3 Å². The van der Waals surface area contributed by atoms with Crippen molar-refractivity contribution in [3.8, 4) is 0 Å². The SMILES string of the molecule is CCc1ccc(CC(NC)c2ccc(F)cc2C)nc1. The average Bonchev–Trinajstić information content (AvgIpc) is 2.46. The van der Waals surface area contributed by atoms with Crippen LogP contribution in [0.2, 0.25) is 0 Å². The molecule has 2 rings (SSSR count). The summed E-state index contributed by atoms with van der Waals surface area (Å²) in [5, 5.41) is 3.29. The smallest absolute Gasteiger partial charge is 0.123 e. The Balaban J connectivity index is 2.19. The van der Waals surface area contributed by atoms with Gasteiger partial charge in [-0.2, -0.15) is 0 Å². The molecule has 0 fully saturated rings. The van der Waals surface area contributed by atoms with E-state index in [0.717, 1.165) is 29.7 Å². The van der Waals surface area contributed by atoms with Gasteiger partial charge in [0.15, 0.2) is 0 Å². The first kappa shape index (κ1) is 14.7. The fourth-order valence-corrected chi connectivity index (χ4v) is 2.39. The number of likely N-dealkylation sites (N-methyl/N-ethyl adjacent to an activating group) is 1. The number of rotatable bonds is 5. The van der Waals surface area contributed by atoms with Crippen molar-refractivity contribution in [2.24, 2.45) is 0 Å². The fraction of sp³-hybridized carbons (Fsp3) is 0.353. The number of aromatic nitrogens is 1. The number of nitrogens with zero attached hydrogens (tertiary/aromatic N) is 1. The van der Waals surface area contributed by atoms with Crippen molar-refractivity contribution < 1.29 is 4.39 Å².